The van der Waals surface area contributed by atoms with E-state index in [4.69, 9.17) is 5.84 Å². The van der Waals surface area contributed by atoms with Crippen LogP contribution >= 0.6 is 11.8 Å². The number of anilines is 1. The Bertz CT molecular complexity index is 413. The van der Waals surface area contributed by atoms with Crippen molar-refractivity contribution in [2.45, 2.75) is 5.51 Å². The lowest BCUT2D eigenvalue weighted by Gasteiger charge is -2.07. The van der Waals surface area contributed by atoms with Crippen LogP contribution in [0.2, 0.25) is 0 Å². The molecule has 5 nitrogen and oxygen atoms in total. The first-order valence-corrected chi connectivity index (χ1v) is 5.82. The summed E-state index contributed by atoms with van der Waals surface area (Å²) in [6, 6.07) is 2.83. The second-order valence-corrected chi connectivity index (χ2v) is 4.28. The number of pyridine rings is 1. The molecule has 0 aliphatic heterocycles. The summed E-state index contributed by atoms with van der Waals surface area (Å²) in [6.07, 6.45) is 1.37. The number of alkyl halides is 3. The van der Waals surface area contributed by atoms with E-state index < -0.39 is 11.4 Å². The van der Waals surface area contributed by atoms with Gasteiger partial charge in [0, 0.05) is 24.1 Å². The monoisotopic (exact) mass is 280 g/mol. The molecule has 4 N–H and O–H groups in total. The van der Waals surface area contributed by atoms with Crippen LogP contribution in [0.15, 0.2) is 18.3 Å². The van der Waals surface area contributed by atoms with Crippen molar-refractivity contribution in [2.24, 2.45) is 5.84 Å². The summed E-state index contributed by atoms with van der Waals surface area (Å²) in [5.74, 6) is 4.71. The number of hydrogen-bond acceptors (Lipinski definition) is 5. The maximum absolute atomic E-state index is 11.8. The van der Waals surface area contributed by atoms with Gasteiger partial charge in [0.05, 0.1) is 0 Å². The van der Waals surface area contributed by atoms with Gasteiger partial charge in [0.15, 0.2) is 0 Å². The molecule has 0 saturated heterocycles. The SMILES string of the molecule is NNc1cc(C(=O)NCCSC(F)(F)F)ccn1. The summed E-state index contributed by atoms with van der Waals surface area (Å²) in [5, 5.41) is 2.37. The molecule has 1 rings (SSSR count). The molecule has 9 heteroatoms. The molecule has 0 aliphatic rings. The molecule has 1 aromatic heterocycles. The van der Waals surface area contributed by atoms with E-state index >= 15 is 0 Å². The number of nitrogens with one attached hydrogen (secondary N) is 2. The normalized spacial score (nSPS) is 11.1. The van der Waals surface area contributed by atoms with Crippen molar-refractivity contribution in [3.05, 3.63) is 23.9 Å². The van der Waals surface area contributed by atoms with Gasteiger partial charge in [-0.2, -0.15) is 13.2 Å². The van der Waals surface area contributed by atoms with Gasteiger partial charge in [-0.15, -0.1) is 0 Å². The van der Waals surface area contributed by atoms with E-state index in [1.165, 1.54) is 18.3 Å². The smallest absolute Gasteiger partial charge is 0.351 e. The Morgan fingerprint density at radius 3 is 2.83 bits per heavy atom. The van der Waals surface area contributed by atoms with Gasteiger partial charge in [-0.05, 0) is 23.9 Å². The van der Waals surface area contributed by atoms with Crippen molar-refractivity contribution in [3.63, 3.8) is 0 Å². The number of nitrogens with zero attached hydrogens (tertiary/aromatic N) is 1. The van der Waals surface area contributed by atoms with Crippen molar-refractivity contribution < 1.29 is 18.0 Å². The van der Waals surface area contributed by atoms with E-state index in [1.807, 2.05) is 0 Å². The fourth-order valence-corrected chi connectivity index (χ4v) is 1.52. The Labute approximate surface area is 105 Å². The molecular formula is C9H11F3N4OS. The van der Waals surface area contributed by atoms with Crippen LogP contribution in [0.3, 0.4) is 0 Å². The number of thioether (sulfide) groups is 1. The molecule has 1 aromatic rings. The van der Waals surface area contributed by atoms with Gasteiger partial charge in [-0.1, -0.05) is 0 Å². The van der Waals surface area contributed by atoms with Crippen molar-refractivity contribution >= 4 is 23.5 Å². The van der Waals surface area contributed by atoms with Gasteiger partial charge in [0.25, 0.3) is 5.91 Å². The Balaban J connectivity index is 2.41. The fraction of sp³-hybridized carbons (Fsp3) is 0.333. The number of nitrogen functional groups attached to an aromatic ring is 1. The Morgan fingerprint density at radius 2 is 2.22 bits per heavy atom. The highest BCUT2D eigenvalue weighted by atomic mass is 32.2. The minimum Gasteiger partial charge on any atom is -0.351 e. The molecule has 0 saturated carbocycles. The first-order chi connectivity index (χ1) is 8.42. The molecule has 0 bridgehead atoms. The Hall–Kier alpha value is -1.48. The summed E-state index contributed by atoms with van der Waals surface area (Å²) in [6.45, 7) is -0.0727. The molecule has 100 valence electrons. The number of hydrogen-bond donors (Lipinski definition) is 3. The molecule has 0 spiro atoms. The van der Waals surface area contributed by atoms with Crippen LogP contribution in [0, 0.1) is 0 Å². The number of carbonyl (C=O) groups excluding carboxylic acids is 1. The van der Waals surface area contributed by atoms with E-state index in [0.717, 1.165) is 0 Å². The van der Waals surface area contributed by atoms with E-state index in [9.17, 15) is 18.0 Å². The molecule has 0 aliphatic carbocycles. The third-order valence-electron chi connectivity index (χ3n) is 1.82. The van der Waals surface area contributed by atoms with Crippen LogP contribution in [0.4, 0.5) is 19.0 Å². The minimum absolute atomic E-state index is 0.0727. The van der Waals surface area contributed by atoms with Crippen LogP contribution in [0.5, 0.6) is 0 Å². The molecule has 0 unspecified atom stereocenters. The number of amides is 1. The largest absolute Gasteiger partial charge is 0.441 e. The Kier molecular flexibility index (Phi) is 5.23. The average molecular weight is 280 g/mol. The van der Waals surface area contributed by atoms with Crippen molar-refractivity contribution in [1.82, 2.24) is 10.3 Å². The minimum atomic E-state index is -4.28. The third kappa shape index (κ3) is 5.23. The van der Waals surface area contributed by atoms with Gasteiger partial charge in [0.1, 0.15) is 5.82 Å². The lowest BCUT2D eigenvalue weighted by Crippen LogP contribution is -2.26. The summed E-state index contributed by atoms with van der Waals surface area (Å²) >= 11 is -0.181. The highest BCUT2D eigenvalue weighted by Gasteiger charge is 2.27. The zero-order chi connectivity index (χ0) is 13.6. The maximum Gasteiger partial charge on any atom is 0.441 e. The predicted molar refractivity (Wildman–Crippen MR) is 62.9 cm³/mol. The average Bonchev–Trinajstić information content (AvgIpc) is 2.33. The lowest BCUT2D eigenvalue weighted by atomic mass is 10.2. The summed E-state index contributed by atoms with van der Waals surface area (Å²) in [5.41, 5.74) is -1.74. The summed E-state index contributed by atoms with van der Waals surface area (Å²) in [7, 11) is 0. The molecule has 1 heterocycles. The van der Waals surface area contributed by atoms with E-state index in [0.29, 0.717) is 5.82 Å². The lowest BCUT2D eigenvalue weighted by molar-refractivity contribution is -0.0327. The quantitative estimate of drug-likeness (QED) is 0.431. The zero-order valence-corrected chi connectivity index (χ0v) is 9.94. The van der Waals surface area contributed by atoms with Crippen LogP contribution in [-0.2, 0) is 0 Å². The number of nitrogens with two attached hydrogens (primary N) is 1. The first-order valence-electron chi connectivity index (χ1n) is 4.84. The highest BCUT2D eigenvalue weighted by molar-refractivity contribution is 8.00. The number of rotatable bonds is 5. The number of aromatic nitrogens is 1. The van der Waals surface area contributed by atoms with Crippen LogP contribution in [0.25, 0.3) is 0 Å². The van der Waals surface area contributed by atoms with Gasteiger partial charge in [-0.25, -0.2) is 10.8 Å². The topological polar surface area (TPSA) is 80.0 Å². The zero-order valence-electron chi connectivity index (χ0n) is 9.12. The van der Waals surface area contributed by atoms with Gasteiger partial charge in [0.2, 0.25) is 0 Å². The van der Waals surface area contributed by atoms with Crippen LogP contribution < -0.4 is 16.6 Å². The number of carbonyl (C=O) groups is 1. The second-order valence-electron chi connectivity index (χ2n) is 3.12. The van der Waals surface area contributed by atoms with Crippen LogP contribution in [-0.4, -0.2) is 28.7 Å². The molecular weight excluding hydrogens is 269 g/mol. The molecule has 0 atom stereocenters. The Morgan fingerprint density at radius 1 is 1.50 bits per heavy atom. The predicted octanol–water partition coefficient (Wildman–Crippen LogP) is 1.35. The van der Waals surface area contributed by atoms with E-state index in [1.54, 1.807) is 0 Å². The number of halogens is 3. The third-order valence-corrected chi connectivity index (χ3v) is 2.56. The number of hydrazine groups is 1. The second kappa shape index (κ2) is 6.45. The van der Waals surface area contributed by atoms with E-state index in [-0.39, 0.29) is 29.6 Å². The van der Waals surface area contributed by atoms with Crippen molar-refractivity contribution in [2.75, 3.05) is 17.7 Å². The maximum atomic E-state index is 11.8. The van der Waals surface area contributed by atoms with Gasteiger partial charge < -0.3 is 10.7 Å². The van der Waals surface area contributed by atoms with Crippen molar-refractivity contribution in [3.8, 4) is 0 Å². The van der Waals surface area contributed by atoms with Gasteiger partial charge >= 0.3 is 5.51 Å². The molecule has 1 amide bonds. The molecule has 18 heavy (non-hydrogen) atoms. The summed E-state index contributed by atoms with van der Waals surface area (Å²) in [4.78, 5) is 15.3. The standard InChI is InChI=1S/C9H11F3N4OS/c10-9(11,12)18-4-3-15-8(17)6-1-2-14-7(5-6)16-13/h1-2,5H,3-4,13H2,(H,14,16)(H,15,17). The molecule has 0 fully saturated rings. The highest BCUT2D eigenvalue weighted by Crippen LogP contribution is 2.29. The van der Waals surface area contributed by atoms with E-state index in [2.05, 4.69) is 15.7 Å². The first kappa shape index (κ1) is 14.6. The van der Waals surface area contributed by atoms with Crippen LogP contribution in [0.1, 0.15) is 10.4 Å². The fourth-order valence-electron chi connectivity index (χ4n) is 1.08. The molecule has 0 aromatic carbocycles. The summed E-state index contributed by atoms with van der Waals surface area (Å²) < 4.78 is 35.5. The molecule has 0 radical (unpaired) electrons. The van der Waals surface area contributed by atoms with Gasteiger partial charge in [-0.3, -0.25) is 4.79 Å². The van der Waals surface area contributed by atoms with Crippen molar-refractivity contribution in [1.29, 1.82) is 0 Å².